The van der Waals surface area contributed by atoms with Crippen molar-refractivity contribution in [3.63, 3.8) is 0 Å². The summed E-state index contributed by atoms with van der Waals surface area (Å²) in [7, 11) is 1.73. The SMILES string of the molecule is COCCCCCOCCCCCO. The third kappa shape index (κ3) is 11.9. The highest BCUT2D eigenvalue weighted by atomic mass is 16.5. The molecular weight excluding hydrogens is 180 g/mol. The molecular formula is C11H24O3. The first-order valence-corrected chi connectivity index (χ1v) is 5.59. The van der Waals surface area contributed by atoms with E-state index in [1.54, 1.807) is 7.11 Å². The molecule has 0 atom stereocenters. The molecule has 86 valence electrons. The maximum atomic E-state index is 8.54. The van der Waals surface area contributed by atoms with Crippen molar-refractivity contribution in [1.29, 1.82) is 0 Å². The van der Waals surface area contributed by atoms with E-state index in [2.05, 4.69) is 0 Å². The van der Waals surface area contributed by atoms with Gasteiger partial charge in [0.05, 0.1) is 0 Å². The maximum absolute atomic E-state index is 8.54. The van der Waals surface area contributed by atoms with Gasteiger partial charge in [-0.2, -0.15) is 0 Å². The number of hydrogen-bond donors (Lipinski definition) is 1. The molecule has 0 radical (unpaired) electrons. The lowest BCUT2D eigenvalue weighted by atomic mass is 10.2. The average Bonchev–Trinajstić information content (AvgIpc) is 2.21. The van der Waals surface area contributed by atoms with Crippen LogP contribution in [0, 0.1) is 0 Å². The first-order chi connectivity index (χ1) is 6.91. The van der Waals surface area contributed by atoms with Crippen LogP contribution in [0.25, 0.3) is 0 Å². The molecule has 0 heterocycles. The van der Waals surface area contributed by atoms with Gasteiger partial charge in [-0.1, -0.05) is 0 Å². The minimum Gasteiger partial charge on any atom is -0.396 e. The van der Waals surface area contributed by atoms with Gasteiger partial charge in [0, 0.05) is 33.5 Å². The summed E-state index contributed by atoms with van der Waals surface area (Å²) < 4.78 is 10.4. The monoisotopic (exact) mass is 204 g/mol. The molecule has 0 saturated carbocycles. The van der Waals surface area contributed by atoms with E-state index in [0.717, 1.165) is 51.9 Å². The van der Waals surface area contributed by atoms with E-state index in [9.17, 15) is 0 Å². The van der Waals surface area contributed by atoms with Crippen LogP contribution in [-0.4, -0.2) is 38.6 Å². The fourth-order valence-corrected chi connectivity index (χ4v) is 1.22. The highest BCUT2D eigenvalue weighted by Gasteiger charge is 1.91. The van der Waals surface area contributed by atoms with Crippen LogP contribution < -0.4 is 0 Å². The van der Waals surface area contributed by atoms with E-state index in [4.69, 9.17) is 14.6 Å². The molecule has 3 heteroatoms. The molecule has 0 aromatic rings. The predicted octanol–water partition coefficient (Wildman–Crippen LogP) is 1.98. The van der Waals surface area contributed by atoms with Gasteiger partial charge in [0.15, 0.2) is 0 Å². The molecule has 0 saturated heterocycles. The fourth-order valence-electron chi connectivity index (χ4n) is 1.22. The third-order valence-electron chi connectivity index (χ3n) is 2.08. The van der Waals surface area contributed by atoms with Gasteiger partial charge < -0.3 is 14.6 Å². The average molecular weight is 204 g/mol. The van der Waals surface area contributed by atoms with E-state index in [1.165, 1.54) is 6.42 Å². The lowest BCUT2D eigenvalue weighted by molar-refractivity contribution is 0.121. The highest BCUT2D eigenvalue weighted by molar-refractivity contribution is 4.42. The Morgan fingerprint density at radius 2 is 1.36 bits per heavy atom. The quantitative estimate of drug-likeness (QED) is 0.523. The van der Waals surface area contributed by atoms with Gasteiger partial charge in [-0.15, -0.1) is 0 Å². The molecule has 0 aliphatic carbocycles. The summed E-state index contributed by atoms with van der Waals surface area (Å²) in [6, 6.07) is 0. The van der Waals surface area contributed by atoms with Gasteiger partial charge >= 0.3 is 0 Å². The second kappa shape index (κ2) is 12.9. The van der Waals surface area contributed by atoms with Crippen molar-refractivity contribution < 1.29 is 14.6 Å². The van der Waals surface area contributed by atoms with Gasteiger partial charge in [0.25, 0.3) is 0 Å². The van der Waals surface area contributed by atoms with Crippen molar-refractivity contribution >= 4 is 0 Å². The molecule has 0 spiro atoms. The number of unbranched alkanes of at least 4 members (excludes halogenated alkanes) is 4. The number of aliphatic hydroxyl groups is 1. The first-order valence-electron chi connectivity index (χ1n) is 5.59. The summed E-state index contributed by atoms with van der Waals surface area (Å²) in [5, 5.41) is 8.54. The van der Waals surface area contributed by atoms with Crippen molar-refractivity contribution in [3.05, 3.63) is 0 Å². The van der Waals surface area contributed by atoms with Crippen LogP contribution in [0.2, 0.25) is 0 Å². The van der Waals surface area contributed by atoms with Gasteiger partial charge in [-0.05, 0) is 38.5 Å². The minimum absolute atomic E-state index is 0.303. The number of hydrogen-bond acceptors (Lipinski definition) is 3. The Labute approximate surface area is 87.4 Å². The minimum atomic E-state index is 0.303. The smallest absolute Gasteiger partial charge is 0.0466 e. The molecule has 14 heavy (non-hydrogen) atoms. The number of aliphatic hydroxyl groups excluding tert-OH is 1. The van der Waals surface area contributed by atoms with E-state index < -0.39 is 0 Å². The third-order valence-corrected chi connectivity index (χ3v) is 2.08. The van der Waals surface area contributed by atoms with Crippen molar-refractivity contribution in [2.75, 3.05) is 33.5 Å². The lowest BCUT2D eigenvalue weighted by Gasteiger charge is -2.03. The van der Waals surface area contributed by atoms with Gasteiger partial charge in [0.2, 0.25) is 0 Å². The van der Waals surface area contributed by atoms with E-state index >= 15 is 0 Å². The Morgan fingerprint density at radius 1 is 0.786 bits per heavy atom. The molecule has 1 N–H and O–H groups in total. The van der Waals surface area contributed by atoms with Crippen molar-refractivity contribution in [1.82, 2.24) is 0 Å². The topological polar surface area (TPSA) is 38.7 Å². The molecule has 0 unspecified atom stereocenters. The Kier molecular flexibility index (Phi) is 12.8. The largest absolute Gasteiger partial charge is 0.396 e. The predicted molar refractivity (Wildman–Crippen MR) is 57.5 cm³/mol. The van der Waals surface area contributed by atoms with E-state index in [-0.39, 0.29) is 0 Å². The fraction of sp³-hybridized carbons (Fsp3) is 1.00. The number of ether oxygens (including phenoxy) is 2. The second-order valence-electron chi connectivity index (χ2n) is 3.45. The molecule has 0 amide bonds. The van der Waals surface area contributed by atoms with Crippen LogP contribution >= 0.6 is 0 Å². The molecule has 0 aromatic carbocycles. The number of rotatable bonds is 11. The molecule has 0 rings (SSSR count). The molecule has 0 aromatic heterocycles. The molecule has 0 aliphatic heterocycles. The van der Waals surface area contributed by atoms with Crippen LogP contribution in [0.15, 0.2) is 0 Å². The highest BCUT2D eigenvalue weighted by Crippen LogP contribution is 1.98. The van der Waals surface area contributed by atoms with E-state index in [1.807, 2.05) is 0 Å². The van der Waals surface area contributed by atoms with Gasteiger partial charge in [-0.3, -0.25) is 0 Å². The summed E-state index contributed by atoms with van der Waals surface area (Å²) in [4.78, 5) is 0. The molecule has 3 nitrogen and oxygen atoms in total. The van der Waals surface area contributed by atoms with Crippen LogP contribution in [-0.2, 0) is 9.47 Å². The first kappa shape index (κ1) is 13.9. The van der Waals surface area contributed by atoms with Gasteiger partial charge in [-0.25, -0.2) is 0 Å². The zero-order valence-electron chi connectivity index (χ0n) is 9.33. The summed E-state index contributed by atoms with van der Waals surface area (Å²) in [6.45, 7) is 2.86. The van der Waals surface area contributed by atoms with Crippen molar-refractivity contribution in [2.24, 2.45) is 0 Å². The van der Waals surface area contributed by atoms with E-state index in [0.29, 0.717) is 6.61 Å². The Bertz CT molecular complexity index is 84.5. The summed E-state index contributed by atoms with van der Waals surface area (Å²) >= 11 is 0. The molecule has 0 aliphatic rings. The Hall–Kier alpha value is -0.120. The van der Waals surface area contributed by atoms with Gasteiger partial charge in [0.1, 0.15) is 0 Å². The summed E-state index contributed by atoms with van der Waals surface area (Å²) in [6.07, 6.45) is 6.48. The van der Waals surface area contributed by atoms with Crippen LogP contribution in [0.1, 0.15) is 38.5 Å². The summed E-state index contributed by atoms with van der Waals surface area (Å²) in [5.74, 6) is 0. The van der Waals surface area contributed by atoms with Crippen molar-refractivity contribution in [2.45, 2.75) is 38.5 Å². The normalized spacial score (nSPS) is 10.7. The Balaban J connectivity index is 2.78. The zero-order valence-corrected chi connectivity index (χ0v) is 9.33. The number of methoxy groups -OCH3 is 1. The summed E-state index contributed by atoms with van der Waals surface area (Å²) in [5.41, 5.74) is 0. The van der Waals surface area contributed by atoms with Crippen LogP contribution in [0.5, 0.6) is 0 Å². The molecule has 0 bridgehead atoms. The lowest BCUT2D eigenvalue weighted by Crippen LogP contribution is -1.98. The molecule has 0 fully saturated rings. The zero-order chi connectivity index (χ0) is 10.5. The van der Waals surface area contributed by atoms with Crippen LogP contribution in [0.3, 0.4) is 0 Å². The van der Waals surface area contributed by atoms with Crippen molar-refractivity contribution in [3.8, 4) is 0 Å². The Morgan fingerprint density at radius 3 is 1.93 bits per heavy atom. The standard InChI is InChI=1S/C11H24O3/c1-13-9-5-3-7-11-14-10-6-2-4-8-12/h12H,2-11H2,1H3. The second-order valence-corrected chi connectivity index (χ2v) is 3.45. The van der Waals surface area contributed by atoms with Crippen LogP contribution in [0.4, 0.5) is 0 Å². The maximum Gasteiger partial charge on any atom is 0.0466 e.